The molecule has 0 aliphatic carbocycles. The van der Waals surface area contributed by atoms with Crippen LogP contribution in [0, 0.1) is 13.8 Å². The molecule has 1 aromatic heterocycles. The minimum absolute atomic E-state index is 0.254. The first-order chi connectivity index (χ1) is 13.8. The molecule has 0 aliphatic heterocycles. The van der Waals surface area contributed by atoms with E-state index in [0.29, 0.717) is 12.1 Å². The lowest BCUT2D eigenvalue weighted by Crippen LogP contribution is -2.43. The van der Waals surface area contributed by atoms with Crippen LogP contribution in [0.5, 0.6) is 0 Å². The van der Waals surface area contributed by atoms with Crippen LogP contribution in [0.3, 0.4) is 0 Å². The molecular formula is C23H25N3O3. The molecule has 1 N–H and O–H groups in total. The van der Waals surface area contributed by atoms with Crippen molar-refractivity contribution in [1.29, 1.82) is 0 Å². The zero-order chi connectivity index (χ0) is 21.0. The Labute approximate surface area is 170 Å². The third-order valence-corrected chi connectivity index (χ3v) is 4.95. The Bertz CT molecular complexity index is 1010. The molecule has 3 aromatic rings. The van der Waals surface area contributed by atoms with Crippen LogP contribution < -0.4 is 0 Å². The second-order valence-corrected chi connectivity index (χ2v) is 7.24. The number of carbonyl (C=O) groups is 2. The van der Waals surface area contributed by atoms with Crippen LogP contribution in [0.2, 0.25) is 0 Å². The first-order valence-corrected chi connectivity index (χ1v) is 9.49. The van der Waals surface area contributed by atoms with Gasteiger partial charge in [0.25, 0.3) is 5.91 Å². The van der Waals surface area contributed by atoms with E-state index in [1.54, 1.807) is 12.1 Å². The Kier molecular flexibility index (Phi) is 6.12. The van der Waals surface area contributed by atoms with Crippen molar-refractivity contribution in [1.82, 2.24) is 14.7 Å². The van der Waals surface area contributed by atoms with Gasteiger partial charge in [0, 0.05) is 24.7 Å². The second kappa shape index (κ2) is 8.73. The van der Waals surface area contributed by atoms with Crippen LogP contribution in [0.4, 0.5) is 0 Å². The quantitative estimate of drug-likeness (QED) is 0.670. The van der Waals surface area contributed by atoms with Crippen LogP contribution >= 0.6 is 0 Å². The van der Waals surface area contributed by atoms with Gasteiger partial charge in [-0.2, -0.15) is 5.10 Å². The zero-order valence-corrected chi connectivity index (χ0v) is 16.9. The fraction of sp³-hybridized carbons (Fsp3) is 0.261. The zero-order valence-electron chi connectivity index (χ0n) is 16.9. The van der Waals surface area contributed by atoms with Gasteiger partial charge in [-0.3, -0.25) is 9.48 Å². The highest BCUT2D eigenvalue weighted by Crippen LogP contribution is 2.15. The number of hydrogen-bond donors (Lipinski definition) is 1. The van der Waals surface area contributed by atoms with E-state index in [2.05, 4.69) is 5.10 Å². The maximum absolute atomic E-state index is 13.0. The van der Waals surface area contributed by atoms with Crippen molar-refractivity contribution in [2.75, 3.05) is 7.05 Å². The molecule has 1 unspecified atom stereocenters. The molecule has 1 heterocycles. The van der Waals surface area contributed by atoms with Crippen molar-refractivity contribution in [3.05, 3.63) is 88.7 Å². The molecule has 3 rings (SSSR count). The fourth-order valence-corrected chi connectivity index (χ4v) is 3.38. The van der Waals surface area contributed by atoms with Gasteiger partial charge in [0.2, 0.25) is 0 Å². The van der Waals surface area contributed by atoms with E-state index in [1.807, 2.05) is 67.1 Å². The lowest BCUT2D eigenvalue weighted by atomic mass is 10.0. The minimum Gasteiger partial charge on any atom is -0.480 e. The van der Waals surface area contributed by atoms with E-state index in [9.17, 15) is 14.7 Å². The van der Waals surface area contributed by atoms with Crippen molar-refractivity contribution >= 4 is 11.9 Å². The molecule has 0 aliphatic rings. The van der Waals surface area contributed by atoms with Crippen molar-refractivity contribution in [2.24, 2.45) is 0 Å². The third-order valence-electron chi connectivity index (χ3n) is 4.95. The first-order valence-electron chi connectivity index (χ1n) is 9.49. The van der Waals surface area contributed by atoms with Crippen LogP contribution in [-0.4, -0.2) is 44.8 Å². The Balaban J connectivity index is 1.79. The van der Waals surface area contributed by atoms with E-state index in [0.717, 1.165) is 22.5 Å². The van der Waals surface area contributed by atoms with Gasteiger partial charge in [-0.05, 0) is 43.2 Å². The standard InChI is InChI=1S/C23H25N3O3/c1-16-12-17(2)26(24-16)15-19-10-7-11-20(13-19)22(27)25(3)21(23(28)29)14-18-8-5-4-6-9-18/h4-13,21H,14-15H2,1-3H3,(H,28,29). The summed E-state index contributed by atoms with van der Waals surface area (Å²) in [6.45, 7) is 4.48. The Morgan fingerprint density at radius 2 is 1.72 bits per heavy atom. The van der Waals surface area contributed by atoms with Gasteiger partial charge >= 0.3 is 5.97 Å². The molecular weight excluding hydrogens is 366 g/mol. The predicted molar refractivity (Wildman–Crippen MR) is 111 cm³/mol. The van der Waals surface area contributed by atoms with Gasteiger partial charge < -0.3 is 10.0 Å². The number of nitrogens with zero attached hydrogens (tertiary/aromatic N) is 3. The molecule has 1 atom stereocenters. The molecule has 150 valence electrons. The van der Waals surface area contributed by atoms with Gasteiger partial charge in [0.1, 0.15) is 6.04 Å². The number of rotatable bonds is 7. The summed E-state index contributed by atoms with van der Waals surface area (Å²) in [6, 6.07) is 17.7. The summed E-state index contributed by atoms with van der Waals surface area (Å²) < 4.78 is 1.89. The normalized spacial score (nSPS) is 11.8. The van der Waals surface area contributed by atoms with E-state index < -0.39 is 12.0 Å². The Hall–Kier alpha value is -3.41. The van der Waals surface area contributed by atoms with E-state index in [1.165, 1.54) is 11.9 Å². The third kappa shape index (κ3) is 4.90. The minimum atomic E-state index is -1.02. The van der Waals surface area contributed by atoms with Crippen LogP contribution in [0.1, 0.15) is 32.9 Å². The highest BCUT2D eigenvalue weighted by Gasteiger charge is 2.27. The molecule has 0 saturated heterocycles. The topological polar surface area (TPSA) is 75.4 Å². The highest BCUT2D eigenvalue weighted by molar-refractivity contribution is 5.96. The highest BCUT2D eigenvalue weighted by atomic mass is 16.4. The first kappa shape index (κ1) is 20.3. The largest absolute Gasteiger partial charge is 0.480 e. The summed E-state index contributed by atoms with van der Waals surface area (Å²) in [6.07, 6.45) is 0.254. The van der Waals surface area contributed by atoms with E-state index in [4.69, 9.17) is 0 Å². The van der Waals surface area contributed by atoms with E-state index in [-0.39, 0.29) is 12.3 Å². The van der Waals surface area contributed by atoms with Crippen molar-refractivity contribution in [2.45, 2.75) is 32.9 Å². The van der Waals surface area contributed by atoms with Crippen molar-refractivity contribution in [3.63, 3.8) is 0 Å². The van der Waals surface area contributed by atoms with E-state index >= 15 is 0 Å². The number of aryl methyl sites for hydroxylation is 2. The molecule has 0 spiro atoms. The summed E-state index contributed by atoms with van der Waals surface area (Å²) >= 11 is 0. The summed E-state index contributed by atoms with van der Waals surface area (Å²) in [7, 11) is 1.54. The summed E-state index contributed by atoms with van der Waals surface area (Å²) in [5, 5.41) is 14.1. The maximum atomic E-state index is 13.0. The van der Waals surface area contributed by atoms with Gasteiger partial charge in [0.15, 0.2) is 0 Å². The predicted octanol–water partition coefficient (Wildman–Crippen LogP) is 3.32. The van der Waals surface area contributed by atoms with Crippen LogP contribution in [0.15, 0.2) is 60.7 Å². The number of benzene rings is 2. The molecule has 0 bridgehead atoms. The number of carboxylic acids is 1. The average Bonchev–Trinajstić information content (AvgIpc) is 3.02. The van der Waals surface area contributed by atoms with Gasteiger partial charge in [-0.15, -0.1) is 0 Å². The van der Waals surface area contributed by atoms with Gasteiger partial charge in [0.05, 0.1) is 12.2 Å². The molecule has 1 amide bonds. The molecule has 0 radical (unpaired) electrons. The molecule has 6 heteroatoms. The molecule has 0 saturated carbocycles. The summed E-state index contributed by atoms with van der Waals surface area (Å²) in [5.41, 5.74) is 4.26. The van der Waals surface area contributed by atoms with Crippen molar-refractivity contribution in [3.8, 4) is 0 Å². The fourth-order valence-electron chi connectivity index (χ4n) is 3.38. The van der Waals surface area contributed by atoms with Crippen molar-refractivity contribution < 1.29 is 14.7 Å². The van der Waals surface area contributed by atoms with Gasteiger partial charge in [-0.25, -0.2) is 4.79 Å². The average molecular weight is 391 g/mol. The lowest BCUT2D eigenvalue weighted by molar-refractivity contribution is -0.141. The molecule has 6 nitrogen and oxygen atoms in total. The Morgan fingerprint density at radius 1 is 1.03 bits per heavy atom. The number of likely N-dealkylation sites (N-methyl/N-ethyl adjacent to an activating group) is 1. The SMILES string of the molecule is Cc1cc(C)n(Cc2cccc(C(=O)N(C)C(Cc3ccccc3)C(=O)O)c2)n1. The number of aromatic nitrogens is 2. The van der Waals surface area contributed by atoms with Gasteiger partial charge in [-0.1, -0.05) is 42.5 Å². The Morgan fingerprint density at radius 3 is 2.34 bits per heavy atom. The monoisotopic (exact) mass is 391 g/mol. The smallest absolute Gasteiger partial charge is 0.326 e. The van der Waals surface area contributed by atoms with Crippen LogP contribution in [0.25, 0.3) is 0 Å². The molecule has 29 heavy (non-hydrogen) atoms. The maximum Gasteiger partial charge on any atom is 0.326 e. The second-order valence-electron chi connectivity index (χ2n) is 7.24. The number of amides is 1. The number of hydrogen-bond acceptors (Lipinski definition) is 3. The summed E-state index contributed by atoms with van der Waals surface area (Å²) in [5.74, 6) is -1.34. The molecule has 2 aromatic carbocycles. The summed E-state index contributed by atoms with van der Waals surface area (Å²) in [4.78, 5) is 26.1. The molecule has 0 fully saturated rings. The number of carboxylic acid groups (broad SMARTS) is 1. The number of aliphatic carboxylic acids is 1. The van der Waals surface area contributed by atoms with Crippen LogP contribution in [-0.2, 0) is 17.8 Å². The number of carbonyl (C=O) groups excluding carboxylic acids is 1. The lowest BCUT2D eigenvalue weighted by Gasteiger charge is -2.25.